The molecule has 122 valence electrons. The van der Waals surface area contributed by atoms with Gasteiger partial charge in [-0.15, -0.1) is 10.2 Å². The lowest BCUT2D eigenvalue weighted by Crippen LogP contribution is -2.12. The fraction of sp³-hybridized carbons (Fsp3) is 0.211. The van der Waals surface area contributed by atoms with Crippen LogP contribution < -0.4 is 5.32 Å². The Bertz CT molecular complexity index is 829. The van der Waals surface area contributed by atoms with Crippen molar-refractivity contribution in [3.63, 3.8) is 0 Å². The third-order valence-corrected chi connectivity index (χ3v) is 4.79. The number of anilines is 1. The Morgan fingerprint density at radius 1 is 1.08 bits per heavy atom. The first-order valence-corrected chi connectivity index (χ1v) is 8.69. The summed E-state index contributed by atoms with van der Waals surface area (Å²) in [5.41, 5.74) is 2.88. The van der Waals surface area contributed by atoms with E-state index >= 15 is 0 Å². The molecule has 0 aliphatic carbocycles. The number of hydrogen-bond acceptors (Lipinski definition) is 4. The molecular weight excluding hydrogens is 318 g/mol. The van der Waals surface area contributed by atoms with E-state index in [1.807, 2.05) is 49.4 Å². The third-order valence-electron chi connectivity index (χ3n) is 3.93. The van der Waals surface area contributed by atoms with Gasteiger partial charge in [-0.25, -0.2) is 0 Å². The van der Waals surface area contributed by atoms with Gasteiger partial charge in [-0.3, -0.25) is 10.1 Å². The molecule has 5 heteroatoms. The van der Waals surface area contributed by atoms with Crippen molar-refractivity contribution in [2.75, 3.05) is 5.32 Å². The predicted octanol–water partition coefficient (Wildman–Crippen LogP) is 4.45. The highest BCUT2D eigenvalue weighted by molar-refractivity contribution is 7.15. The monoisotopic (exact) mass is 337 g/mol. The van der Waals surface area contributed by atoms with Gasteiger partial charge in [0.25, 0.3) is 5.91 Å². The number of aromatic nitrogens is 2. The van der Waals surface area contributed by atoms with Crippen LogP contribution in [0, 0.1) is 6.92 Å². The summed E-state index contributed by atoms with van der Waals surface area (Å²) in [5, 5.41) is 12.6. The maximum atomic E-state index is 12.3. The van der Waals surface area contributed by atoms with Crippen molar-refractivity contribution in [3.8, 4) is 0 Å². The molecular formula is C19H19N3OS. The lowest BCUT2D eigenvalue weighted by atomic mass is 9.98. The van der Waals surface area contributed by atoms with E-state index in [0.29, 0.717) is 16.6 Å². The predicted molar refractivity (Wildman–Crippen MR) is 97.6 cm³/mol. The van der Waals surface area contributed by atoms with E-state index < -0.39 is 0 Å². The van der Waals surface area contributed by atoms with Gasteiger partial charge in [0.1, 0.15) is 5.01 Å². The molecule has 1 atom stereocenters. The summed E-state index contributed by atoms with van der Waals surface area (Å²) >= 11 is 1.43. The fourth-order valence-corrected chi connectivity index (χ4v) is 3.40. The molecule has 0 radical (unpaired) electrons. The van der Waals surface area contributed by atoms with Gasteiger partial charge in [0.2, 0.25) is 5.13 Å². The largest absolute Gasteiger partial charge is 0.296 e. The van der Waals surface area contributed by atoms with Gasteiger partial charge in [0.15, 0.2) is 0 Å². The van der Waals surface area contributed by atoms with Gasteiger partial charge in [-0.2, -0.15) is 0 Å². The van der Waals surface area contributed by atoms with Crippen molar-refractivity contribution < 1.29 is 4.79 Å². The van der Waals surface area contributed by atoms with Crippen LogP contribution in [0.3, 0.4) is 0 Å². The molecule has 1 aromatic heterocycles. The minimum atomic E-state index is -0.146. The molecule has 0 saturated heterocycles. The second kappa shape index (κ2) is 7.36. The number of rotatable bonds is 5. The Kier molecular flexibility index (Phi) is 5.01. The molecule has 0 aliphatic heterocycles. The summed E-state index contributed by atoms with van der Waals surface area (Å²) in [5.74, 6) is 0.214. The first-order valence-electron chi connectivity index (χ1n) is 7.88. The van der Waals surface area contributed by atoms with Crippen LogP contribution in [0.5, 0.6) is 0 Å². The lowest BCUT2D eigenvalue weighted by molar-refractivity contribution is 0.102. The molecule has 1 amide bonds. The summed E-state index contributed by atoms with van der Waals surface area (Å²) in [6.07, 6.45) is 0.807. The highest BCUT2D eigenvalue weighted by Gasteiger charge is 2.14. The third kappa shape index (κ3) is 3.86. The van der Waals surface area contributed by atoms with Crippen molar-refractivity contribution in [2.24, 2.45) is 0 Å². The van der Waals surface area contributed by atoms with E-state index in [1.165, 1.54) is 16.9 Å². The average Bonchev–Trinajstić information content (AvgIpc) is 3.02. The van der Waals surface area contributed by atoms with Crippen LogP contribution >= 0.6 is 11.3 Å². The van der Waals surface area contributed by atoms with Crippen molar-refractivity contribution in [2.45, 2.75) is 26.2 Å². The molecule has 0 fully saturated rings. The van der Waals surface area contributed by atoms with Crippen LogP contribution in [-0.4, -0.2) is 16.1 Å². The van der Waals surface area contributed by atoms with Gasteiger partial charge in [0, 0.05) is 12.0 Å². The number of aryl methyl sites for hydroxylation is 1. The molecule has 1 heterocycles. The topological polar surface area (TPSA) is 54.9 Å². The summed E-state index contributed by atoms with van der Waals surface area (Å²) in [6, 6.07) is 17.8. The minimum absolute atomic E-state index is 0.146. The zero-order valence-corrected chi connectivity index (χ0v) is 14.5. The van der Waals surface area contributed by atoms with Crippen LogP contribution in [0.1, 0.15) is 39.3 Å². The summed E-state index contributed by atoms with van der Waals surface area (Å²) in [4.78, 5) is 12.3. The SMILES string of the molecule is Cc1ccccc1C(=O)Nc1nnc(CC(C)c2ccccc2)s1. The molecule has 3 aromatic rings. The normalized spacial score (nSPS) is 11.9. The van der Waals surface area contributed by atoms with Crippen molar-refractivity contribution >= 4 is 22.4 Å². The minimum Gasteiger partial charge on any atom is -0.296 e. The fourth-order valence-electron chi connectivity index (χ4n) is 2.54. The van der Waals surface area contributed by atoms with Gasteiger partial charge in [-0.05, 0) is 30.0 Å². The molecule has 24 heavy (non-hydrogen) atoms. The van der Waals surface area contributed by atoms with E-state index in [2.05, 4.69) is 34.6 Å². The Hall–Kier alpha value is -2.53. The zero-order valence-electron chi connectivity index (χ0n) is 13.7. The quantitative estimate of drug-likeness (QED) is 0.748. The van der Waals surface area contributed by atoms with E-state index in [0.717, 1.165) is 17.0 Å². The summed E-state index contributed by atoms with van der Waals surface area (Å²) in [7, 11) is 0. The number of hydrogen-bond donors (Lipinski definition) is 1. The molecule has 1 N–H and O–H groups in total. The number of carbonyl (C=O) groups is 1. The van der Waals surface area contributed by atoms with Gasteiger partial charge < -0.3 is 0 Å². The van der Waals surface area contributed by atoms with Crippen molar-refractivity contribution in [1.82, 2.24) is 10.2 Å². The van der Waals surface area contributed by atoms with Crippen LogP contribution in [0.25, 0.3) is 0 Å². The molecule has 0 saturated carbocycles. The van der Waals surface area contributed by atoms with E-state index in [4.69, 9.17) is 0 Å². The zero-order chi connectivity index (χ0) is 16.9. The van der Waals surface area contributed by atoms with Crippen LogP contribution in [0.15, 0.2) is 54.6 Å². The maximum absolute atomic E-state index is 12.3. The van der Waals surface area contributed by atoms with Crippen LogP contribution in [0.2, 0.25) is 0 Å². The average molecular weight is 337 g/mol. The Morgan fingerprint density at radius 3 is 2.54 bits per heavy atom. The summed E-state index contributed by atoms with van der Waals surface area (Å²) in [6.45, 7) is 4.09. The molecule has 4 nitrogen and oxygen atoms in total. The molecule has 0 spiro atoms. The van der Waals surface area contributed by atoms with E-state index in [9.17, 15) is 4.79 Å². The number of carbonyl (C=O) groups excluding carboxylic acids is 1. The van der Waals surface area contributed by atoms with Gasteiger partial charge in [0.05, 0.1) is 0 Å². The Balaban J connectivity index is 1.66. The number of nitrogens with one attached hydrogen (secondary N) is 1. The lowest BCUT2D eigenvalue weighted by Gasteiger charge is -2.08. The molecule has 1 unspecified atom stereocenters. The standard InChI is InChI=1S/C19H19N3OS/c1-13-8-6-7-11-16(13)18(23)20-19-22-21-17(24-19)12-14(2)15-9-4-3-5-10-15/h3-11,14H,12H2,1-2H3,(H,20,22,23). The molecule has 2 aromatic carbocycles. The highest BCUT2D eigenvalue weighted by atomic mass is 32.1. The number of amides is 1. The first-order chi connectivity index (χ1) is 11.6. The smallest absolute Gasteiger partial charge is 0.257 e. The number of benzene rings is 2. The Labute approximate surface area is 145 Å². The van der Waals surface area contributed by atoms with Gasteiger partial charge >= 0.3 is 0 Å². The molecule has 0 bridgehead atoms. The second-order valence-electron chi connectivity index (χ2n) is 5.79. The Morgan fingerprint density at radius 2 is 1.79 bits per heavy atom. The van der Waals surface area contributed by atoms with Crippen molar-refractivity contribution in [1.29, 1.82) is 0 Å². The van der Waals surface area contributed by atoms with E-state index in [1.54, 1.807) is 0 Å². The second-order valence-corrected chi connectivity index (χ2v) is 6.85. The van der Waals surface area contributed by atoms with Gasteiger partial charge in [-0.1, -0.05) is 66.8 Å². The molecule has 3 rings (SSSR count). The maximum Gasteiger partial charge on any atom is 0.257 e. The number of nitrogens with zero attached hydrogens (tertiary/aromatic N) is 2. The summed E-state index contributed by atoms with van der Waals surface area (Å²) < 4.78 is 0. The van der Waals surface area contributed by atoms with Crippen LogP contribution in [-0.2, 0) is 6.42 Å². The molecule has 0 aliphatic rings. The first kappa shape index (κ1) is 16.3. The van der Waals surface area contributed by atoms with Crippen LogP contribution in [0.4, 0.5) is 5.13 Å². The van der Waals surface area contributed by atoms with E-state index in [-0.39, 0.29) is 5.91 Å². The highest BCUT2D eigenvalue weighted by Crippen LogP contribution is 2.24. The van der Waals surface area contributed by atoms with Crippen molar-refractivity contribution in [3.05, 3.63) is 76.3 Å².